The molecular formula is C15H18N2O2. The fourth-order valence-electron chi connectivity index (χ4n) is 2.83. The van der Waals surface area contributed by atoms with E-state index in [1.54, 1.807) is 18.2 Å². The van der Waals surface area contributed by atoms with Gasteiger partial charge < -0.3 is 9.63 Å². The number of aromatic nitrogens is 2. The SMILES string of the molecule is CC1CCCC(c2noc(-c3ccccc3O)n2)C1. The Kier molecular flexibility index (Phi) is 3.23. The average Bonchev–Trinajstić information content (AvgIpc) is 2.89. The minimum atomic E-state index is 0.176. The van der Waals surface area contributed by atoms with Crippen LogP contribution in [-0.2, 0) is 0 Å². The highest BCUT2D eigenvalue weighted by atomic mass is 16.5. The van der Waals surface area contributed by atoms with Crippen molar-refractivity contribution in [1.82, 2.24) is 10.1 Å². The molecule has 0 spiro atoms. The van der Waals surface area contributed by atoms with Crippen LogP contribution in [0.5, 0.6) is 5.75 Å². The molecule has 0 bridgehead atoms. The predicted octanol–water partition coefficient (Wildman–Crippen LogP) is 3.74. The molecule has 2 unspecified atom stereocenters. The van der Waals surface area contributed by atoms with Crippen LogP contribution in [0.3, 0.4) is 0 Å². The lowest BCUT2D eigenvalue weighted by molar-refractivity contribution is 0.324. The van der Waals surface area contributed by atoms with Gasteiger partial charge in [0.05, 0.1) is 5.56 Å². The number of aromatic hydroxyl groups is 1. The molecule has 0 radical (unpaired) electrons. The number of rotatable bonds is 2. The quantitative estimate of drug-likeness (QED) is 0.891. The van der Waals surface area contributed by atoms with Gasteiger partial charge in [0.1, 0.15) is 5.75 Å². The highest BCUT2D eigenvalue weighted by Crippen LogP contribution is 2.36. The molecule has 1 fully saturated rings. The first-order valence-corrected chi connectivity index (χ1v) is 6.86. The fourth-order valence-corrected chi connectivity index (χ4v) is 2.83. The van der Waals surface area contributed by atoms with Gasteiger partial charge in [0.2, 0.25) is 0 Å². The third kappa shape index (κ3) is 2.48. The molecular weight excluding hydrogens is 240 g/mol. The zero-order valence-corrected chi connectivity index (χ0v) is 11.0. The second-order valence-electron chi connectivity index (χ2n) is 5.44. The van der Waals surface area contributed by atoms with Crippen LogP contribution in [0.15, 0.2) is 28.8 Å². The standard InChI is InChI=1S/C15H18N2O2/c1-10-5-4-6-11(9-10)14-16-15(19-17-14)12-7-2-3-8-13(12)18/h2-3,7-8,10-11,18H,4-6,9H2,1H3. The van der Waals surface area contributed by atoms with Crippen molar-refractivity contribution in [3.8, 4) is 17.2 Å². The minimum Gasteiger partial charge on any atom is -0.507 e. The number of hydrogen-bond acceptors (Lipinski definition) is 4. The number of para-hydroxylation sites is 1. The third-order valence-electron chi connectivity index (χ3n) is 3.88. The van der Waals surface area contributed by atoms with Crippen LogP contribution in [-0.4, -0.2) is 15.2 Å². The maximum Gasteiger partial charge on any atom is 0.261 e. The van der Waals surface area contributed by atoms with Crippen molar-refractivity contribution in [2.75, 3.05) is 0 Å². The first-order chi connectivity index (χ1) is 9.24. The molecule has 1 aromatic carbocycles. The van der Waals surface area contributed by atoms with Crippen LogP contribution in [0, 0.1) is 5.92 Å². The van der Waals surface area contributed by atoms with Gasteiger partial charge in [-0.1, -0.05) is 37.1 Å². The molecule has 1 aliphatic carbocycles. The summed E-state index contributed by atoms with van der Waals surface area (Å²) in [7, 11) is 0. The summed E-state index contributed by atoms with van der Waals surface area (Å²) in [6.45, 7) is 2.27. The molecule has 0 saturated heterocycles. The largest absolute Gasteiger partial charge is 0.507 e. The van der Waals surface area contributed by atoms with Crippen molar-refractivity contribution in [2.24, 2.45) is 5.92 Å². The van der Waals surface area contributed by atoms with Crippen LogP contribution < -0.4 is 0 Å². The summed E-state index contributed by atoms with van der Waals surface area (Å²) in [5, 5.41) is 13.9. The first-order valence-electron chi connectivity index (χ1n) is 6.86. The highest BCUT2D eigenvalue weighted by molar-refractivity contribution is 5.61. The maximum absolute atomic E-state index is 9.80. The van der Waals surface area contributed by atoms with E-state index in [0.29, 0.717) is 17.4 Å². The predicted molar refractivity (Wildman–Crippen MR) is 71.8 cm³/mol. The van der Waals surface area contributed by atoms with E-state index in [1.807, 2.05) is 6.07 Å². The zero-order chi connectivity index (χ0) is 13.2. The lowest BCUT2D eigenvalue weighted by atomic mass is 9.82. The van der Waals surface area contributed by atoms with Crippen LogP contribution in [0.25, 0.3) is 11.5 Å². The van der Waals surface area contributed by atoms with E-state index < -0.39 is 0 Å². The Morgan fingerprint density at radius 3 is 2.89 bits per heavy atom. The molecule has 2 atom stereocenters. The molecule has 19 heavy (non-hydrogen) atoms. The molecule has 4 heteroatoms. The summed E-state index contributed by atoms with van der Waals surface area (Å²) in [6.07, 6.45) is 4.77. The Bertz CT molecular complexity index is 565. The summed E-state index contributed by atoms with van der Waals surface area (Å²) in [4.78, 5) is 4.46. The number of phenols is 1. The van der Waals surface area contributed by atoms with Gasteiger partial charge in [-0.2, -0.15) is 4.98 Å². The number of nitrogens with zero attached hydrogens (tertiary/aromatic N) is 2. The Morgan fingerprint density at radius 2 is 2.11 bits per heavy atom. The topological polar surface area (TPSA) is 59.2 Å². The molecule has 1 saturated carbocycles. The number of hydrogen-bond donors (Lipinski definition) is 1. The van der Waals surface area contributed by atoms with Gasteiger partial charge in [0, 0.05) is 5.92 Å². The Labute approximate surface area is 112 Å². The van der Waals surface area contributed by atoms with Gasteiger partial charge >= 0.3 is 0 Å². The van der Waals surface area contributed by atoms with Crippen molar-refractivity contribution in [2.45, 2.75) is 38.5 Å². The normalized spacial score (nSPS) is 23.4. The van der Waals surface area contributed by atoms with Gasteiger partial charge in [0.15, 0.2) is 5.82 Å². The molecule has 1 aromatic heterocycles. The molecule has 3 rings (SSSR count). The number of phenolic OH excluding ortho intramolecular Hbond substituents is 1. The van der Waals surface area contributed by atoms with Crippen LogP contribution in [0.1, 0.15) is 44.3 Å². The Morgan fingerprint density at radius 1 is 1.26 bits per heavy atom. The van der Waals surface area contributed by atoms with E-state index in [9.17, 15) is 5.11 Å². The molecule has 1 aliphatic rings. The molecule has 0 amide bonds. The van der Waals surface area contributed by atoms with E-state index in [0.717, 1.165) is 24.6 Å². The molecule has 2 aromatic rings. The molecule has 1 N–H and O–H groups in total. The highest BCUT2D eigenvalue weighted by Gasteiger charge is 2.25. The summed E-state index contributed by atoms with van der Waals surface area (Å²) < 4.78 is 5.30. The van der Waals surface area contributed by atoms with E-state index >= 15 is 0 Å². The van der Waals surface area contributed by atoms with Crippen molar-refractivity contribution in [3.63, 3.8) is 0 Å². The van der Waals surface area contributed by atoms with Crippen molar-refractivity contribution in [1.29, 1.82) is 0 Å². The Balaban J connectivity index is 1.85. The minimum absolute atomic E-state index is 0.176. The Hall–Kier alpha value is -1.84. The maximum atomic E-state index is 9.80. The lowest BCUT2D eigenvalue weighted by Crippen LogP contribution is -2.12. The zero-order valence-electron chi connectivity index (χ0n) is 11.0. The van der Waals surface area contributed by atoms with Gasteiger partial charge in [-0.15, -0.1) is 0 Å². The average molecular weight is 258 g/mol. The second-order valence-corrected chi connectivity index (χ2v) is 5.44. The van der Waals surface area contributed by atoms with Gasteiger partial charge in [0.25, 0.3) is 5.89 Å². The van der Waals surface area contributed by atoms with E-state index in [4.69, 9.17) is 4.52 Å². The molecule has 1 heterocycles. The van der Waals surface area contributed by atoms with Gasteiger partial charge in [-0.25, -0.2) is 0 Å². The summed E-state index contributed by atoms with van der Waals surface area (Å²) in [5.41, 5.74) is 0.602. The molecule has 0 aliphatic heterocycles. The van der Waals surface area contributed by atoms with Crippen molar-refractivity contribution >= 4 is 0 Å². The van der Waals surface area contributed by atoms with Crippen LogP contribution in [0.2, 0.25) is 0 Å². The summed E-state index contributed by atoms with van der Waals surface area (Å²) in [5.74, 6) is 2.49. The van der Waals surface area contributed by atoms with Crippen molar-refractivity contribution in [3.05, 3.63) is 30.1 Å². The van der Waals surface area contributed by atoms with Crippen LogP contribution >= 0.6 is 0 Å². The lowest BCUT2D eigenvalue weighted by Gasteiger charge is -2.23. The molecule has 100 valence electrons. The van der Waals surface area contributed by atoms with Gasteiger partial charge in [-0.3, -0.25) is 0 Å². The monoisotopic (exact) mass is 258 g/mol. The van der Waals surface area contributed by atoms with E-state index in [-0.39, 0.29) is 5.75 Å². The van der Waals surface area contributed by atoms with Crippen LogP contribution in [0.4, 0.5) is 0 Å². The smallest absolute Gasteiger partial charge is 0.261 e. The summed E-state index contributed by atoms with van der Waals surface area (Å²) in [6, 6.07) is 7.04. The van der Waals surface area contributed by atoms with Gasteiger partial charge in [-0.05, 0) is 30.9 Å². The summed E-state index contributed by atoms with van der Waals surface area (Å²) >= 11 is 0. The molecule has 4 nitrogen and oxygen atoms in total. The first kappa shape index (κ1) is 12.2. The van der Waals surface area contributed by atoms with E-state index in [1.165, 1.54) is 12.8 Å². The number of benzene rings is 1. The third-order valence-corrected chi connectivity index (χ3v) is 3.88. The fraction of sp³-hybridized carbons (Fsp3) is 0.467. The van der Waals surface area contributed by atoms with Crippen molar-refractivity contribution < 1.29 is 9.63 Å². The van der Waals surface area contributed by atoms with E-state index in [2.05, 4.69) is 17.1 Å². The second kappa shape index (κ2) is 5.03.